The summed E-state index contributed by atoms with van der Waals surface area (Å²) in [5, 5.41) is 28.6. The maximum Gasteiger partial charge on any atom is 0.269 e. The van der Waals surface area contributed by atoms with Crippen molar-refractivity contribution in [3.8, 4) is 5.75 Å². The first-order valence-electron chi connectivity index (χ1n) is 6.97. The Kier molecular flexibility index (Phi) is 4.15. The number of hydrogen-bond donors (Lipinski definition) is 1. The SMILES string of the molecule is O=[N+]([O-])c1ccc(OCC(O)Cn2nnc3ccccc32)cc1. The standard InChI is InChI=1S/C15H14N4O4/c20-12(9-18-15-4-2-1-3-14(15)16-17-18)10-23-13-7-5-11(6-8-13)19(21)22/h1-8,12,20H,9-10H2. The van der Waals surface area contributed by atoms with Crippen LogP contribution in [0, 0.1) is 10.1 Å². The second-order valence-corrected chi connectivity index (χ2v) is 4.98. The first kappa shape index (κ1) is 14.9. The molecule has 2 aromatic carbocycles. The number of hydrogen-bond acceptors (Lipinski definition) is 6. The lowest BCUT2D eigenvalue weighted by Gasteiger charge is -2.12. The Morgan fingerprint density at radius 3 is 2.70 bits per heavy atom. The average Bonchev–Trinajstić information content (AvgIpc) is 2.96. The van der Waals surface area contributed by atoms with Crippen LogP contribution in [0.25, 0.3) is 11.0 Å². The molecule has 0 saturated heterocycles. The lowest BCUT2D eigenvalue weighted by atomic mass is 10.3. The highest BCUT2D eigenvalue weighted by atomic mass is 16.6. The molecule has 118 valence electrons. The van der Waals surface area contributed by atoms with Crippen LogP contribution in [0.1, 0.15) is 0 Å². The first-order valence-corrected chi connectivity index (χ1v) is 6.97. The number of non-ortho nitro benzene ring substituents is 1. The molecule has 0 aliphatic rings. The third-order valence-electron chi connectivity index (χ3n) is 3.29. The fourth-order valence-corrected chi connectivity index (χ4v) is 2.16. The molecule has 1 unspecified atom stereocenters. The van der Waals surface area contributed by atoms with Crippen molar-refractivity contribution in [2.75, 3.05) is 6.61 Å². The number of aliphatic hydroxyl groups is 1. The minimum Gasteiger partial charge on any atom is -0.491 e. The second kappa shape index (κ2) is 6.41. The van der Waals surface area contributed by atoms with Crippen molar-refractivity contribution in [2.45, 2.75) is 12.6 Å². The molecule has 3 rings (SSSR count). The van der Waals surface area contributed by atoms with Crippen LogP contribution in [0.4, 0.5) is 5.69 Å². The Labute approximate surface area is 131 Å². The lowest BCUT2D eigenvalue weighted by Crippen LogP contribution is -2.24. The van der Waals surface area contributed by atoms with Gasteiger partial charge in [-0.15, -0.1) is 5.10 Å². The van der Waals surface area contributed by atoms with Gasteiger partial charge in [-0.25, -0.2) is 4.68 Å². The van der Waals surface area contributed by atoms with Gasteiger partial charge in [0.1, 0.15) is 24.0 Å². The van der Waals surface area contributed by atoms with Gasteiger partial charge >= 0.3 is 0 Å². The van der Waals surface area contributed by atoms with Gasteiger partial charge in [-0.2, -0.15) is 0 Å². The van der Waals surface area contributed by atoms with Gasteiger partial charge in [-0.05, 0) is 24.3 Å². The Bertz CT molecular complexity index is 816. The highest BCUT2D eigenvalue weighted by molar-refractivity contribution is 5.73. The van der Waals surface area contributed by atoms with Crippen molar-refractivity contribution >= 4 is 16.7 Å². The van der Waals surface area contributed by atoms with Crippen molar-refractivity contribution in [3.05, 3.63) is 58.6 Å². The van der Waals surface area contributed by atoms with Crippen LogP contribution in [0.3, 0.4) is 0 Å². The summed E-state index contributed by atoms with van der Waals surface area (Å²) < 4.78 is 7.04. The molecule has 0 bridgehead atoms. The van der Waals surface area contributed by atoms with Gasteiger partial charge in [0.25, 0.3) is 5.69 Å². The number of fused-ring (bicyclic) bond motifs is 1. The molecule has 8 heteroatoms. The lowest BCUT2D eigenvalue weighted by molar-refractivity contribution is -0.384. The van der Waals surface area contributed by atoms with Crippen molar-refractivity contribution in [1.82, 2.24) is 15.0 Å². The first-order chi connectivity index (χ1) is 11.1. The molecular formula is C15H14N4O4. The van der Waals surface area contributed by atoms with E-state index < -0.39 is 11.0 Å². The minimum absolute atomic E-state index is 0.00742. The summed E-state index contributed by atoms with van der Waals surface area (Å²) in [6, 6.07) is 13.2. The van der Waals surface area contributed by atoms with Gasteiger partial charge in [-0.3, -0.25) is 10.1 Å². The minimum atomic E-state index is -0.782. The third-order valence-corrected chi connectivity index (χ3v) is 3.29. The number of nitro benzene ring substituents is 1. The zero-order valence-corrected chi connectivity index (χ0v) is 12.1. The molecule has 0 radical (unpaired) electrons. The number of nitrogens with zero attached hydrogens (tertiary/aromatic N) is 4. The highest BCUT2D eigenvalue weighted by Crippen LogP contribution is 2.17. The number of aliphatic hydroxyl groups excluding tert-OH is 1. The number of nitro groups is 1. The van der Waals surface area contributed by atoms with E-state index in [9.17, 15) is 15.2 Å². The van der Waals surface area contributed by atoms with Crippen LogP contribution in [0.2, 0.25) is 0 Å². The largest absolute Gasteiger partial charge is 0.491 e. The van der Waals surface area contributed by atoms with Crippen molar-refractivity contribution in [1.29, 1.82) is 0 Å². The summed E-state index contributed by atoms with van der Waals surface area (Å²) in [6.07, 6.45) is -0.782. The molecule has 3 aromatic rings. The van der Waals surface area contributed by atoms with E-state index in [4.69, 9.17) is 4.74 Å². The molecule has 8 nitrogen and oxygen atoms in total. The molecule has 1 atom stereocenters. The maximum absolute atomic E-state index is 10.6. The topological polar surface area (TPSA) is 103 Å². The van der Waals surface area contributed by atoms with Crippen LogP contribution in [0.15, 0.2) is 48.5 Å². The molecule has 1 heterocycles. The molecule has 0 saturated carbocycles. The maximum atomic E-state index is 10.6. The van der Waals surface area contributed by atoms with Crippen molar-refractivity contribution in [3.63, 3.8) is 0 Å². The van der Waals surface area contributed by atoms with Crippen molar-refractivity contribution < 1.29 is 14.8 Å². The quantitative estimate of drug-likeness (QED) is 0.549. The van der Waals surface area contributed by atoms with Crippen LogP contribution in [-0.4, -0.2) is 37.7 Å². The van der Waals surface area contributed by atoms with Crippen LogP contribution < -0.4 is 4.74 Å². The predicted molar refractivity (Wildman–Crippen MR) is 82.1 cm³/mol. The van der Waals surface area contributed by atoms with Crippen LogP contribution in [0.5, 0.6) is 5.75 Å². The van der Waals surface area contributed by atoms with E-state index in [1.807, 2.05) is 24.3 Å². The third kappa shape index (κ3) is 3.43. The zero-order chi connectivity index (χ0) is 16.2. The molecule has 1 N–H and O–H groups in total. The fourth-order valence-electron chi connectivity index (χ4n) is 2.16. The van der Waals surface area contributed by atoms with E-state index in [1.165, 1.54) is 24.3 Å². The summed E-state index contributed by atoms with van der Waals surface area (Å²) in [6.45, 7) is 0.291. The number of para-hydroxylation sites is 1. The van der Waals surface area contributed by atoms with Gasteiger partial charge in [-0.1, -0.05) is 17.3 Å². The van der Waals surface area contributed by atoms with Crippen molar-refractivity contribution in [2.24, 2.45) is 0 Å². The van der Waals surface area contributed by atoms with Gasteiger partial charge < -0.3 is 9.84 Å². The molecule has 0 spiro atoms. The van der Waals surface area contributed by atoms with Gasteiger partial charge in [0.2, 0.25) is 0 Å². The monoisotopic (exact) mass is 314 g/mol. The second-order valence-electron chi connectivity index (χ2n) is 4.98. The fraction of sp³-hybridized carbons (Fsp3) is 0.200. The van der Waals surface area contributed by atoms with E-state index in [1.54, 1.807) is 4.68 Å². The summed E-state index contributed by atoms with van der Waals surface area (Å²) >= 11 is 0. The molecule has 23 heavy (non-hydrogen) atoms. The van der Waals surface area contributed by atoms with Gasteiger partial charge in [0, 0.05) is 12.1 Å². The normalized spacial score (nSPS) is 12.2. The molecular weight excluding hydrogens is 300 g/mol. The van der Waals surface area contributed by atoms with E-state index in [0.717, 1.165) is 11.0 Å². The van der Waals surface area contributed by atoms with Gasteiger partial charge in [0.05, 0.1) is 17.0 Å². The highest BCUT2D eigenvalue weighted by Gasteiger charge is 2.11. The van der Waals surface area contributed by atoms with E-state index in [-0.39, 0.29) is 18.8 Å². The molecule has 0 amide bonds. The van der Waals surface area contributed by atoms with E-state index in [0.29, 0.717) is 5.75 Å². The van der Waals surface area contributed by atoms with E-state index >= 15 is 0 Å². The smallest absolute Gasteiger partial charge is 0.269 e. The van der Waals surface area contributed by atoms with Crippen LogP contribution >= 0.6 is 0 Å². The summed E-state index contributed by atoms with van der Waals surface area (Å²) in [4.78, 5) is 10.1. The predicted octanol–water partition coefficient (Wildman–Crippen LogP) is 1.78. The molecule has 1 aromatic heterocycles. The molecule has 0 aliphatic carbocycles. The number of aromatic nitrogens is 3. The van der Waals surface area contributed by atoms with Gasteiger partial charge in [0.15, 0.2) is 0 Å². The Morgan fingerprint density at radius 2 is 1.96 bits per heavy atom. The number of rotatable bonds is 6. The zero-order valence-electron chi connectivity index (χ0n) is 12.1. The Morgan fingerprint density at radius 1 is 1.22 bits per heavy atom. The van der Waals surface area contributed by atoms with Crippen LogP contribution in [-0.2, 0) is 6.54 Å². The van der Waals surface area contributed by atoms with E-state index in [2.05, 4.69) is 10.3 Å². The molecule has 0 aliphatic heterocycles. The number of ether oxygens (including phenoxy) is 1. The average molecular weight is 314 g/mol. The summed E-state index contributed by atoms with van der Waals surface area (Å²) in [5.41, 5.74) is 1.59. The Hall–Kier alpha value is -3.00. The number of benzene rings is 2. The Balaban J connectivity index is 1.59. The summed E-state index contributed by atoms with van der Waals surface area (Å²) in [7, 11) is 0. The summed E-state index contributed by atoms with van der Waals surface area (Å²) in [5.74, 6) is 0.457. The molecule has 0 fully saturated rings.